The van der Waals surface area contributed by atoms with Gasteiger partial charge in [0.05, 0.1) is 13.2 Å². The lowest BCUT2D eigenvalue weighted by Crippen LogP contribution is -2.34. The summed E-state index contributed by atoms with van der Waals surface area (Å²) in [5.41, 5.74) is 0. The van der Waals surface area contributed by atoms with Crippen molar-refractivity contribution < 1.29 is 14.3 Å². The number of rotatable bonds is 1. The number of ether oxygens (including phenoxy) is 1. The standard InChI is InChI=1S/C8H13NO3/c1-3-12-8(11)9-5-7(10)4-6(9)2/h6H,3-5H2,1-2H3/t6-/m1/s1. The Balaban J connectivity index is 2.52. The largest absolute Gasteiger partial charge is 0.450 e. The maximum atomic E-state index is 11.2. The molecule has 0 bridgehead atoms. The Hall–Kier alpha value is -1.06. The van der Waals surface area contributed by atoms with Crippen molar-refractivity contribution in [2.24, 2.45) is 0 Å². The summed E-state index contributed by atoms with van der Waals surface area (Å²) in [6.07, 6.45) is 0.0783. The van der Waals surface area contributed by atoms with Crippen LogP contribution in [-0.2, 0) is 9.53 Å². The van der Waals surface area contributed by atoms with E-state index in [9.17, 15) is 9.59 Å². The SMILES string of the molecule is CCOC(=O)N1CC(=O)C[C@H]1C. The van der Waals surface area contributed by atoms with E-state index >= 15 is 0 Å². The molecule has 1 aliphatic heterocycles. The summed E-state index contributed by atoms with van der Waals surface area (Å²) in [4.78, 5) is 23.5. The molecule has 0 aliphatic carbocycles. The Morgan fingerprint density at radius 1 is 1.75 bits per heavy atom. The number of carbonyl (C=O) groups excluding carboxylic acids is 2. The number of ketones is 1. The molecule has 1 fully saturated rings. The van der Waals surface area contributed by atoms with E-state index in [2.05, 4.69) is 0 Å². The first-order valence-electron chi connectivity index (χ1n) is 4.10. The zero-order valence-corrected chi connectivity index (χ0v) is 7.37. The van der Waals surface area contributed by atoms with Gasteiger partial charge in [0, 0.05) is 12.5 Å². The van der Waals surface area contributed by atoms with Crippen LogP contribution in [0.5, 0.6) is 0 Å². The molecular formula is C8H13NO3. The van der Waals surface area contributed by atoms with E-state index in [0.717, 1.165) is 0 Å². The van der Waals surface area contributed by atoms with Crippen LogP contribution in [0.3, 0.4) is 0 Å². The maximum Gasteiger partial charge on any atom is 0.410 e. The molecule has 68 valence electrons. The molecule has 4 heteroatoms. The normalized spacial score (nSPS) is 23.0. The predicted molar refractivity (Wildman–Crippen MR) is 42.8 cm³/mol. The average Bonchev–Trinajstić information content (AvgIpc) is 2.30. The first-order valence-corrected chi connectivity index (χ1v) is 4.10. The fourth-order valence-corrected chi connectivity index (χ4v) is 1.30. The van der Waals surface area contributed by atoms with Crippen LogP contribution >= 0.6 is 0 Å². The zero-order chi connectivity index (χ0) is 9.14. The van der Waals surface area contributed by atoms with Crippen LogP contribution < -0.4 is 0 Å². The fourth-order valence-electron chi connectivity index (χ4n) is 1.30. The Bertz CT molecular complexity index is 202. The maximum absolute atomic E-state index is 11.2. The van der Waals surface area contributed by atoms with Crippen molar-refractivity contribution in [3.8, 4) is 0 Å². The molecule has 1 aliphatic rings. The molecule has 0 spiro atoms. The molecular weight excluding hydrogens is 158 g/mol. The Morgan fingerprint density at radius 3 is 2.83 bits per heavy atom. The van der Waals surface area contributed by atoms with Gasteiger partial charge in [0.2, 0.25) is 0 Å². The summed E-state index contributed by atoms with van der Waals surface area (Å²) < 4.78 is 4.78. The molecule has 0 aromatic carbocycles. The molecule has 0 aromatic heterocycles. The highest BCUT2D eigenvalue weighted by Crippen LogP contribution is 2.14. The fraction of sp³-hybridized carbons (Fsp3) is 0.750. The molecule has 4 nitrogen and oxygen atoms in total. The van der Waals surface area contributed by atoms with Gasteiger partial charge in [-0.05, 0) is 13.8 Å². The number of carbonyl (C=O) groups is 2. The first-order chi connectivity index (χ1) is 5.65. The van der Waals surface area contributed by atoms with Gasteiger partial charge in [-0.1, -0.05) is 0 Å². The smallest absolute Gasteiger partial charge is 0.410 e. The molecule has 0 saturated carbocycles. The third-order valence-corrected chi connectivity index (χ3v) is 1.90. The predicted octanol–water partition coefficient (Wildman–Crippen LogP) is 0.806. The molecule has 0 N–H and O–H groups in total. The summed E-state index contributed by atoms with van der Waals surface area (Å²) in [7, 11) is 0. The number of likely N-dealkylation sites (tertiary alicyclic amines) is 1. The summed E-state index contributed by atoms with van der Waals surface area (Å²) in [5, 5.41) is 0. The van der Waals surface area contributed by atoms with Crippen molar-refractivity contribution in [3.63, 3.8) is 0 Å². The highest BCUT2D eigenvalue weighted by Gasteiger charge is 2.31. The van der Waals surface area contributed by atoms with Crippen LogP contribution in [0.15, 0.2) is 0 Å². The molecule has 0 radical (unpaired) electrons. The molecule has 1 atom stereocenters. The lowest BCUT2D eigenvalue weighted by molar-refractivity contribution is -0.116. The van der Waals surface area contributed by atoms with Crippen LogP contribution in [0.2, 0.25) is 0 Å². The van der Waals surface area contributed by atoms with E-state index in [4.69, 9.17) is 4.74 Å². The molecule has 1 saturated heterocycles. The van der Waals surface area contributed by atoms with Gasteiger partial charge in [0.15, 0.2) is 5.78 Å². The van der Waals surface area contributed by atoms with Crippen LogP contribution in [0.1, 0.15) is 20.3 Å². The van der Waals surface area contributed by atoms with Crippen molar-refractivity contribution in [3.05, 3.63) is 0 Å². The van der Waals surface area contributed by atoms with Crippen LogP contribution in [0, 0.1) is 0 Å². The van der Waals surface area contributed by atoms with Crippen molar-refractivity contribution in [2.75, 3.05) is 13.2 Å². The molecule has 12 heavy (non-hydrogen) atoms. The number of nitrogens with zero attached hydrogens (tertiary/aromatic N) is 1. The number of Topliss-reactive ketones (excluding diaryl/α,β-unsaturated/α-hetero) is 1. The van der Waals surface area contributed by atoms with Crippen LogP contribution in [0.25, 0.3) is 0 Å². The van der Waals surface area contributed by atoms with Gasteiger partial charge < -0.3 is 4.74 Å². The van der Waals surface area contributed by atoms with E-state index in [-0.39, 0.29) is 24.5 Å². The zero-order valence-electron chi connectivity index (χ0n) is 7.37. The van der Waals surface area contributed by atoms with E-state index in [1.165, 1.54) is 4.90 Å². The van der Waals surface area contributed by atoms with Gasteiger partial charge in [-0.15, -0.1) is 0 Å². The van der Waals surface area contributed by atoms with Gasteiger partial charge in [-0.25, -0.2) is 4.79 Å². The molecule has 0 unspecified atom stereocenters. The summed E-state index contributed by atoms with van der Waals surface area (Å²) in [6.45, 7) is 4.17. The molecule has 0 aromatic rings. The van der Waals surface area contributed by atoms with Crippen molar-refractivity contribution >= 4 is 11.9 Å². The Labute approximate surface area is 71.5 Å². The second-order valence-electron chi connectivity index (χ2n) is 2.92. The second kappa shape index (κ2) is 3.56. The summed E-state index contributed by atoms with van der Waals surface area (Å²) in [5.74, 6) is 0.107. The van der Waals surface area contributed by atoms with Crippen LogP contribution in [-0.4, -0.2) is 36.0 Å². The third-order valence-electron chi connectivity index (χ3n) is 1.90. The second-order valence-corrected chi connectivity index (χ2v) is 2.92. The highest BCUT2D eigenvalue weighted by atomic mass is 16.6. The summed E-state index contributed by atoms with van der Waals surface area (Å²) in [6, 6.07) is -0.00319. The minimum absolute atomic E-state index is 0.00319. The summed E-state index contributed by atoms with van der Waals surface area (Å²) >= 11 is 0. The van der Waals surface area contributed by atoms with Gasteiger partial charge in [0.1, 0.15) is 0 Å². The van der Waals surface area contributed by atoms with Crippen molar-refractivity contribution in [1.29, 1.82) is 0 Å². The molecule has 1 rings (SSSR count). The lowest BCUT2D eigenvalue weighted by atomic mass is 10.2. The molecule has 1 heterocycles. The van der Waals surface area contributed by atoms with E-state index in [1.54, 1.807) is 6.92 Å². The van der Waals surface area contributed by atoms with Gasteiger partial charge in [0.25, 0.3) is 0 Å². The van der Waals surface area contributed by atoms with Crippen molar-refractivity contribution in [2.45, 2.75) is 26.3 Å². The van der Waals surface area contributed by atoms with E-state index < -0.39 is 0 Å². The highest BCUT2D eigenvalue weighted by molar-refractivity contribution is 5.88. The third kappa shape index (κ3) is 1.75. The minimum Gasteiger partial charge on any atom is -0.450 e. The van der Waals surface area contributed by atoms with Crippen LogP contribution in [0.4, 0.5) is 4.79 Å². The van der Waals surface area contributed by atoms with Gasteiger partial charge >= 0.3 is 6.09 Å². The lowest BCUT2D eigenvalue weighted by Gasteiger charge is -2.18. The average molecular weight is 171 g/mol. The Kier molecular flexibility index (Phi) is 2.68. The number of hydrogen-bond donors (Lipinski definition) is 0. The van der Waals surface area contributed by atoms with Gasteiger partial charge in [-0.3, -0.25) is 9.69 Å². The number of hydrogen-bond acceptors (Lipinski definition) is 3. The first kappa shape index (κ1) is 9.03. The van der Waals surface area contributed by atoms with E-state index in [0.29, 0.717) is 13.0 Å². The van der Waals surface area contributed by atoms with Gasteiger partial charge in [-0.2, -0.15) is 0 Å². The van der Waals surface area contributed by atoms with Crippen molar-refractivity contribution in [1.82, 2.24) is 4.90 Å². The minimum atomic E-state index is -0.379. The number of amides is 1. The quantitative estimate of drug-likeness (QED) is 0.586. The Morgan fingerprint density at radius 2 is 2.42 bits per heavy atom. The monoisotopic (exact) mass is 171 g/mol. The topological polar surface area (TPSA) is 46.6 Å². The van der Waals surface area contributed by atoms with E-state index in [1.807, 2.05) is 6.92 Å². The molecule has 1 amide bonds.